The smallest absolute Gasteiger partial charge is 0.303 e. The number of anilines is 1. The van der Waals surface area contributed by atoms with Crippen LogP contribution in [0.5, 0.6) is 0 Å². The number of rotatable bonds is 76. The minimum atomic E-state index is -4.56. The van der Waals surface area contributed by atoms with Gasteiger partial charge in [0.2, 0.25) is 52.9 Å². The number of carboxylic acids is 5. The van der Waals surface area contributed by atoms with Crippen LogP contribution in [0.15, 0.2) is 89.5 Å². The van der Waals surface area contributed by atoms with E-state index in [0.717, 1.165) is 17.9 Å². The molecule has 3 aliphatic rings. The molecule has 0 aromatic heterocycles. The third-order valence-electron chi connectivity index (χ3n) is 26.7. The standard InChI is InChI=1S/C107H154N10O31S2/c1-14-115-83-40-33-67(4)56-76(83)106(8,9)91(115)30-19-16-15-17-20-31-92-107(10,11)77-62-75(150(143,144)145)37-41-84(77)116(92)49-24-18-21-32-93(125)108-48-23-22-27-78(86(120)29-26-51-148-64-94(126)117-50-25-28-85(117)105(142)113-81(55-66(2)3)87(121)58-69(6)101(138)114-82(65-149-13)88(122)57-68(5)100(137)109-63-70(7)118)110-103(140)72(35-43-96(129)130)60-90(124)80(39-46-99(135)136)112-104(141)73(36-44-97(131)132)61-89(123)79(38-45-98(133)134)111-102(139)71(34-42-95(127)128)59-74(119)47-52-147-54-53-146-12/h15-17,19-20,30-31,33,37,40-41,56,62,66,68-69,71-73,78-82,85H,14,18,21-29,32,34-36,38-39,42-55,57-61,63-65H2,1-13H3,(H12-,108,109,110,111,112,113,114,125,127,128,129,130,131,132,133,134,135,136,137,138,139,140,141,142,143,144,145)/p+1/t68-,69-,71+,72+,73+,78-,79-,80-,81+,82+,85+/m1/s1. The molecule has 830 valence electrons. The largest absolute Gasteiger partial charge is 0.481 e. The lowest BCUT2D eigenvalue weighted by molar-refractivity contribution is -0.433. The highest BCUT2D eigenvalue weighted by Gasteiger charge is 2.46. The van der Waals surface area contributed by atoms with Gasteiger partial charge in [-0.2, -0.15) is 24.8 Å². The number of carboxylic acid groups (broad SMARTS) is 5. The molecule has 41 nitrogen and oxygen atoms in total. The summed E-state index contributed by atoms with van der Waals surface area (Å²) < 4.78 is 53.4. The van der Waals surface area contributed by atoms with Crippen LogP contribution in [0, 0.1) is 42.4 Å². The number of aryl methyl sites for hydroxylation is 1. The normalized spacial score (nSPS) is 16.4. The molecule has 0 radical (unpaired) electrons. The van der Waals surface area contributed by atoms with Crippen molar-refractivity contribution in [3.63, 3.8) is 0 Å². The Bertz CT molecular complexity index is 5370. The number of nitrogens with one attached hydrogen (secondary N) is 7. The number of hydrogen-bond donors (Lipinski definition) is 13. The summed E-state index contributed by atoms with van der Waals surface area (Å²) in [5.74, 6) is -24.3. The number of likely N-dealkylation sites (tertiary alicyclic amines) is 1. The molecule has 3 aliphatic heterocycles. The van der Waals surface area contributed by atoms with Gasteiger partial charge >= 0.3 is 29.8 Å². The molecule has 11 atom stereocenters. The zero-order chi connectivity index (χ0) is 112. The van der Waals surface area contributed by atoms with Crippen LogP contribution in [0.4, 0.5) is 11.4 Å². The lowest BCUT2D eigenvalue weighted by Gasteiger charge is -2.27. The molecule has 2 aromatic carbocycles. The van der Waals surface area contributed by atoms with Gasteiger partial charge in [0.05, 0.1) is 66.9 Å². The number of hydrogen-bond acceptors (Lipinski definition) is 27. The quantitative estimate of drug-likeness (QED) is 0.0127. The zero-order valence-electron chi connectivity index (χ0n) is 88.6. The Balaban J connectivity index is 1.34. The maximum atomic E-state index is 14.8. The molecule has 2 aromatic rings. The van der Waals surface area contributed by atoms with Crippen LogP contribution < -0.4 is 42.1 Å². The number of nitrogens with zero attached hydrogens (tertiary/aromatic N) is 3. The SMILES string of the molecule is CC[N+]1=C(/C=C/C=C/C=C/C=C2/N(CCCCCC(=O)NCCCC[C@@H](NC(=O)[C@@H](CCC(=O)O)CC(=O)[C@@H](CCC(=O)O)NC(=O)[C@@H](CCC(=O)O)CC(=O)[C@@H](CCC(=O)O)NC(=O)[C@@H](CCC(=O)O)CC(=O)CCOCCOC)C(=O)CCCOCC(=O)N3CCC[C@H]3C(=O)N[C@@H](CC(C)C)C(=O)C[C@@H](C)C(=O)N[C@@H](CSC)C(=O)C[C@@H](C)C(=O)NCC(C)=O)c3ccc(S(=O)(=O)O)cc3C2(C)C)C(C)(C)c2cc(C)ccc21. The minimum absolute atomic E-state index is 0.0786. The Kier molecular flexibility index (Phi) is 55.1. The van der Waals surface area contributed by atoms with Crippen molar-refractivity contribution in [3.8, 4) is 0 Å². The number of carbonyl (C=O) groups is 20. The second-order valence-corrected chi connectivity index (χ2v) is 42.4. The summed E-state index contributed by atoms with van der Waals surface area (Å²) in [5.41, 5.74) is 6.13. The number of ketones is 7. The topological polar surface area (TPSA) is 618 Å². The van der Waals surface area contributed by atoms with Crippen LogP contribution in [0.25, 0.3) is 0 Å². The van der Waals surface area contributed by atoms with E-state index in [1.54, 1.807) is 12.3 Å². The number of ether oxygens (including phenoxy) is 3. The lowest BCUT2D eigenvalue weighted by atomic mass is 9.81. The Morgan fingerprint density at radius 1 is 0.527 bits per heavy atom. The Morgan fingerprint density at radius 3 is 1.62 bits per heavy atom. The Morgan fingerprint density at radius 2 is 1.07 bits per heavy atom. The van der Waals surface area contributed by atoms with Gasteiger partial charge in [-0.15, -0.1) is 0 Å². The molecular weight excluding hydrogens is 1990 g/mol. The summed E-state index contributed by atoms with van der Waals surface area (Å²) in [6, 6.07) is 2.79. The van der Waals surface area contributed by atoms with Gasteiger partial charge in [0.15, 0.2) is 34.6 Å². The van der Waals surface area contributed by atoms with Gasteiger partial charge in [-0.25, -0.2) is 0 Å². The van der Waals surface area contributed by atoms with Gasteiger partial charge in [0.25, 0.3) is 10.1 Å². The fraction of sp³-hybridized carbons (Fsp3) is 0.617. The number of Topliss-reactive ketones (excluding diaryl/α,β-unsaturated/α-hetero) is 7. The number of thioether (sulfide) groups is 1. The molecule has 8 amide bonds. The molecule has 0 unspecified atom stereocenters. The molecule has 0 spiro atoms. The summed E-state index contributed by atoms with van der Waals surface area (Å²) >= 11 is 1.27. The van der Waals surface area contributed by atoms with Crippen LogP contribution in [0.3, 0.4) is 0 Å². The van der Waals surface area contributed by atoms with Gasteiger partial charge < -0.3 is 86.8 Å². The fourth-order valence-electron chi connectivity index (χ4n) is 18.3. The number of amides is 8. The van der Waals surface area contributed by atoms with E-state index in [1.165, 1.54) is 79.2 Å². The average Bonchev–Trinajstić information content (AvgIpc) is 1.58. The van der Waals surface area contributed by atoms with Crippen molar-refractivity contribution in [1.29, 1.82) is 0 Å². The number of fused-ring (bicyclic) bond motifs is 2. The van der Waals surface area contributed by atoms with Crippen LogP contribution >= 0.6 is 11.8 Å². The number of benzene rings is 2. The number of carbonyl (C=O) groups excluding carboxylic acids is 15. The minimum Gasteiger partial charge on any atom is -0.481 e. The van der Waals surface area contributed by atoms with E-state index < -0.39 is 277 Å². The molecule has 3 heterocycles. The third kappa shape index (κ3) is 43.6. The van der Waals surface area contributed by atoms with E-state index in [0.29, 0.717) is 37.8 Å². The highest BCUT2D eigenvalue weighted by Crippen LogP contribution is 2.49. The van der Waals surface area contributed by atoms with Crippen molar-refractivity contribution in [2.45, 2.75) is 308 Å². The number of allylic oxidation sites excluding steroid dienone is 8. The van der Waals surface area contributed by atoms with E-state index in [9.17, 15) is 134 Å². The van der Waals surface area contributed by atoms with Crippen molar-refractivity contribution >= 4 is 157 Å². The van der Waals surface area contributed by atoms with Crippen LogP contribution in [0.2, 0.25) is 0 Å². The monoisotopic (exact) mass is 2140 g/mol. The summed E-state index contributed by atoms with van der Waals surface area (Å²) in [4.78, 5) is 270. The number of unbranched alkanes of at least 4 members (excludes halogenated alkanes) is 3. The number of methoxy groups -OCH3 is 1. The van der Waals surface area contributed by atoms with E-state index in [4.69, 9.17) is 14.2 Å². The van der Waals surface area contributed by atoms with E-state index in [-0.39, 0.29) is 150 Å². The predicted molar refractivity (Wildman–Crippen MR) is 557 cm³/mol. The number of aliphatic carboxylic acids is 5. The Labute approximate surface area is 881 Å². The van der Waals surface area contributed by atoms with Gasteiger partial charge in [-0.3, -0.25) is 100 Å². The van der Waals surface area contributed by atoms with Crippen LogP contribution in [-0.2, 0) is 131 Å². The summed E-state index contributed by atoms with van der Waals surface area (Å²) in [6.07, 6.45) is 7.63. The Hall–Kier alpha value is -12.2. The second kappa shape index (κ2) is 64.5. The molecule has 0 bridgehead atoms. The molecule has 150 heavy (non-hydrogen) atoms. The first kappa shape index (κ1) is 128. The van der Waals surface area contributed by atoms with E-state index in [2.05, 4.69) is 98.7 Å². The molecule has 0 saturated carbocycles. The maximum absolute atomic E-state index is 14.8. The molecular formula is C107H155N10O31S2+. The molecule has 13 N–H and O–H groups in total. The van der Waals surface area contributed by atoms with Crippen molar-refractivity contribution in [1.82, 2.24) is 42.1 Å². The van der Waals surface area contributed by atoms with Crippen molar-refractivity contribution in [2.75, 3.05) is 89.8 Å². The van der Waals surface area contributed by atoms with Crippen molar-refractivity contribution in [3.05, 3.63) is 101 Å². The third-order valence-corrected chi connectivity index (χ3v) is 28.2. The van der Waals surface area contributed by atoms with Crippen molar-refractivity contribution < 1.29 is 153 Å². The second-order valence-electron chi connectivity index (χ2n) is 40.1. The lowest BCUT2D eigenvalue weighted by Crippen LogP contribution is -2.52. The summed E-state index contributed by atoms with van der Waals surface area (Å²) in [6.45, 7) is 21.2. The van der Waals surface area contributed by atoms with Crippen LogP contribution in [0.1, 0.15) is 266 Å². The molecule has 1 saturated heterocycles. The summed E-state index contributed by atoms with van der Waals surface area (Å²) in [7, 11) is -3.14. The van der Waals surface area contributed by atoms with Gasteiger partial charge in [0, 0.05) is 187 Å². The van der Waals surface area contributed by atoms with Gasteiger partial charge in [-0.05, 0) is 173 Å². The summed E-state index contributed by atoms with van der Waals surface area (Å²) in [5, 5.41) is 67.2. The molecule has 5 rings (SSSR count). The van der Waals surface area contributed by atoms with Gasteiger partial charge in [0.1, 0.15) is 30.8 Å². The van der Waals surface area contributed by atoms with Crippen molar-refractivity contribution in [2.24, 2.45) is 35.5 Å². The van der Waals surface area contributed by atoms with Gasteiger partial charge in [-0.1, -0.05) is 90.0 Å². The highest BCUT2D eigenvalue weighted by molar-refractivity contribution is 7.98. The average molecular weight is 2140 g/mol. The van der Waals surface area contributed by atoms with Crippen LogP contribution in [-0.4, -0.2) is 292 Å². The highest BCUT2D eigenvalue weighted by atomic mass is 32.2. The first-order chi connectivity index (χ1) is 70.7. The zero-order valence-corrected chi connectivity index (χ0v) is 90.2. The van der Waals surface area contributed by atoms with E-state index in [1.807, 2.05) is 64.2 Å². The predicted octanol–water partition coefficient (Wildman–Crippen LogP) is 9.02. The molecule has 0 aliphatic carbocycles. The maximum Gasteiger partial charge on any atom is 0.303 e. The first-order valence-corrected chi connectivity index (χ1v) is 54.2. The molecule has 43 heteroatoms. The molecule has 1 fully saturated rings. The fourth-order valence-corrected chi connectivity index (χ4v) is 19.4. The van der Waals surface area contributed by atoms with E-state index >= 15 is 0 Å². The first-order valence-electron chi connectivity index (χ1n) is 51.4.